The standard InChI is InChI=1S/C24H39N3O3/c1-19-4-8-21(9-5-19)25-24(28)11-7-20-6-10-22(23(18-20)29-3)30-17-16-27-14-12-26(2)13-15-27/h6,10,18-19,21H,4-5,7-9,11-17H2,1-3H3,(H,25,28). The van der Waals surface area contributed by atoms with Gasteiger partial charge >= 0.3 is 0 Å². The smallest absolute Gasteiger partial charge is 0.220 e. The van der Waals surface area contributed by atoms with Crippen molar-refractivity contribution in [2.45, 2.75) is 51.5 Å². The van der Waals surface area contributed by atoms with Crippen molar-refractivity contribution < 1.29 is 14.3 Å². The van der Waals surface area contributed by atoms with Crippen molar-refractivity contribution in [3.8, 4) is 11.5 Å². The minimum Gasteiger partial charge on any atom is -0.493 e. The van der Waals surface area contributed by atoms with Crippen LogP contribution in [0.1, 0.15) is 44.6 Å². The van der Waals surface area contributed by atoms with Gasteiger partial charge in [0.2, 0.25) is 5.91 Å². The lowest BCUT2D eigenvalue weighted by atomic mass is 9.87. The van der Waals surface area contributed by atoms with Crippen molar-refractivity contribution in [2.75, 3.05) is 53.5 Å². The van der Waals surface area contributed by atoms with Gasteiger partial charge in [0.05, 0.1) is 7.11 Å². The van der Waals surface area contributed by atoms with Crippen LogP contribution in [0, 0.1) is 5.92 Å². The van der Waals surface area contributed by atoms with Crippen LogP contribution in [0.5, 0.6) is 11.5 Å². The third-order valence-corrected chi connectivity index (χ3v) is 6.51. The molecule has 1 aromatic rings. The van der Waals surface area contributed by atoms with Crippen LogP contribution >= 0.6 is 0 Å². The molecule has 1 amide bonds. The van der Waals surface area contributed by atoms with Crippen LogP contribution in [0.2, 0.25) is 0 Å². The molecule has 0 bridgehead atoms. The lowest BCUT2D eigenvalue weighted by Crippen LogP contribution is -2.45. The topological polar surface area (TPSA) is 54.0 Å². The normalized spacial score (nSPS) is 23.2. The molecule has 0 unspecified atom stereocenters. The number of hydrogen-bond donors (Lipinski definition) is 1. The number of piperazine rings is 1. The molecule has 2 aliphatic rings. The summed E-state index contributed by atoms with van der Waals surface area (Å²) < 4.78 is 11.5. The van der Waals surface area contributed by atoms with Crippen LogP contribution < -0.4 is 14.8 Å². The third-order valence-electron chi connectivity index (χ3n) is 6.51. The van der Waals surface area contributed by atoms with Crippen molar-refractivity contribution in [3.63, 3.8) is 0 Å². The van der Waals surface area contributed by atoms with E-state index in [2.05, 4.69) is 29.1 Å². The predicted octanol–water partition coefficient (Wildman–Crippen LogP) is 2.95. The molecule has 2 fully saturated rings. The fraction of sp³-hybridized carbons (Fsp3) is 0.708. The summed E-state index contributed by atoms with van der Waals surface area (Å²) in [4.78, 5) is 17.1. The molecule has 0 spiro atoms. The van der Waals surface area contributed by atoms with E-state index in [4.69, 9.17) is 9.47 Å². The Hall–Kier alpha value is -1.79. The Morgan fingerprint density at radius 2 is 1.83 bits per heavy atom. The molecule has 1 N–H and O–H groups in total. The first-order valence-electron chi connectivity index (χ1n) is 11.5. The number of amides is 1. The molecule has 1 saturated carbocycles. The summed E-state index contributed by atoms with van der Waals surface area (Å²) in [5.41, 5.74) is 1.10. The molecule has 6 heteroatoms. The second kappa shape index (κ2) is 11.6. The highest BCUT2D eigenvalue weighted by Gasteiger charge is 2.19. The summed E-state index contributed by atoms with van der Waals surface area (Å²) in [5, 5.41) is 3.21. The molecule has 1 aromatic carbocycles. The lowest BCUT2D eigenvalue weighted by Gasteiger charge is -2.32. The lowest BCUT2D eigenvalue weighted by molar-refractivity contribution is -0.122. The van der Waals surface area contributed by atoms with E-state index < -0.39 is 0 Å². The number of nitrogens with one attached hydrogen (secondary N) is 1. The van der Waals surface area contributed by atoms with Crippen LogP contribution in [0.3, 0.4) is 0 Å². The van der Waals surface area contributed by atoms with Crippen LogP contribution in [0.4, 0.5) is 0 Å². The SMILES string of the molecule is COc1cc(CCC(=O)NC2CCC(C)CC2)ccc1OCCN1CCN(C)CC1. The van der Waals surface area contributed by atoms with Gasteiger partial charge in [-0.25, -0.2) is 0 Å². The Balaban J connectivity index is 1.41. The van der Waals surface area contributed by atoms with Crippen LogP contribution in [0.15, 0.2) is 18.2 Å². The first-order chi connectivity index (χ1) is 14.5. The second-order valence-corrected chi connectivity index (χ2v) is 9.00. The number of likely N-dealkylation sites (N-methyl/N-ethyl adjacent to an activating group) is 1. The Labute approximate surface area is 181 Å². The van der Waals surface area contributed by atoms with E-state index >= 15 is 0 Å². The molecular weight excluding hydrogens is 378 g/mol. The fourth-order valence-electron chi connectivity index (χ4n) is 4.31. The molecule has 3 rings (SSSR count). The Bertz CT molecular complexity index is 666. The van der Waals surface area contributed by atoms with Crippen LogP contribution in [-0.4, -0.2) is 75.2 Å². The molecule has 168 valence electrons. The van der Waals surface area contributed by atoms with Gasteiger partial charge in [-0.2, -0.15) is 0 Å². The summed E-state index contributed by atoms with van der Waals surface area (Å²) in [6, 6.07) is 6.38. The maximum absolute atomic E-state index is 12.3. The van der Waals surface area contributed by atoms with Gasteiger partial charge in [0.25, 0.3) is 0 Å². The van der Waals surface area contributed by atoms with Crippen molar-refractivity contribution in [1.82, 2.24) is 15.1 Å². The van der Waals surface area contributed by atoms with Crippen LogP contribution in [-0.2, 0) is 11.2 Å². The number of ether oxygens (including phenoxy) is 2. The number of carbonyl (C=O) groups is 1. The minimum absolute atomic E-state index is 0.154. The summed E-state index contributed by atoms with van der Waals surface area (Å²) in [6.07, 6.45) is 5.89. The number of benzene rings is 1. The zero-order chi connectivity index (χ0) is 21.3. The maximum atomic E-state index is 12.3. The van der Waals surface area contributed by atoms with Gasteiger partial charge in [0.15, 0.2) is 11.5 Å². The van der Waals surface area contributed by atoms with E-state index in [1.165, 1.54) is 12.8 Å². The highest BCUT2D eigenvalue weighted by atomic mass is 16.5. The number of aryl methyl sites for hydroxylation is 1. The average Bonchev–Trinajstić information content (AvgIpc) is 2.76. The molecule has 0 radical (unpaired) electrons. The minimum atomic E-state index is 0.154. The fourth-order valence-corrected chi connectivity index (χ4v) is 4.31. The largest absolute Gasteiger partial charge is 0.493 e. The summed E-state index contributed by atoms with van der Waals surface area (Å²) in [7, 11) is 3.84. The monoisotopic (exact) mass is 417 g/mol. The van der Waals surface area contributed by atoms with Gasteiger partial charge in [0.1, 0.15) is 6.61 Å². The van der Waals surface area contributed by atoms with E-state index in [-0.39, 0.29) is 5.91 Å². The average molecular weight is 418 g/mol. The van der Waals surface area contributed by atoms with Gasteiger partial charge in [-0.3, -0.25) is 9.69 Å². The zero-order valence-electron chi connectivity index (χ0n) is 19.0. The van der Waals surface area contributed by atoms with Crippen LogP contribution in [0.25, 0.3) is 0 Å². The molecule has 0 aromatic heterocycles. The Kier molecular flexibility index (Phi) is 8.82. The third kappa shape index (κ3) is 7.17. The van der Waals surface area contributed by atoms with E-state index in [0.29, 0.717) is 25.5 Å². The number of nitrogens with zero attached hydrogens (tertiary/aromatic N) is 2. The van der Waals surface area contributed by atoms with E-state index in [1.807, 2.05) is 18.2 Å². The summed E-state index contributed by atoms with van der Waals surface area (Å²) in [6.45, 7) is 8.30. The van der Waals surface area contributed by atoms with Gasteiger partial charge in [-0.15, -0.1) is 0 Å². The molecule has 0 atom stereocenters. The first-order valence-corrected chi connectivity index (χ1v) is 11.5. The maximum Gasteiger partial charge on any atom is 0.220 e. The highest BCUT2D eigenvalue weighted by molar-refractivity contribution is 5.76. The Morgan fingerprint density at radius 1 is 1.10 bits per heavy atom. The van der Waals surface area contributed by atoms with Gasteiger partial charge in [-0.05, 0) is 62.8 Å². The van der Waals surface area contributed by atoms with Gasteiger partial charge in [-0.1, -0.05) is 13.0 Å². The molecule has 6 nitrogen and oxygen atoms in total. The number of carbonyl (C=O) groups excluding carboxylic acids is 1. The van der Waals surface area contributed by atoms with Crippen molar-refractivity contribution in [3.05, 3.63) is 23.8 Å². The van der Waals surface area contributed by atoms with Gasteiger partial charge < -0.3 is 19.7 Å². The quantitative estimate of drug-likeness (QED) is 0.670. The van der Waals surface area contributed by atoms with E-state index in [9.17, 15) is 4.79 Å². The predicted molar refractivity (Wildman–Crippen MR) is 120 cm³/mol. The highest BCUT2D eigenvalue weighted by Crippen LogP contribution is 2.29. The first kappa shape index (κ1) is 22.9. The van der Waals surface area contributed by atoms with Crippen molar-refractivity contribution in [2.24, 2.45) is 5.92 Å². The molecule has 1 aliphatic heterocycles. The van der Waals surface area contributed by atoms with Crippen molar-refractivity contribution in [1.29, 1.82) is 0 Å². The van der Waals surface area contributed by atoms with E-state index in [1.54, 1.807) is 7.11 Å². The van der Waals surface area contributed by atoms with E-state index in [0.717, 1.165) is 68.5 Å². The van der Waals surface area contributed by atoms with Gasteiger partial charge in [0, 0.05) is 45.2 Å². The molecule has 1 heterocycles. The summed E-state index contributed by atoms with van der Waals surface area (Å²) >= 11 is 0. The number of rotatable bonds is 9. The number of methoxy groups -OCH3 is 1. The second-order valence-electron chi connectivity index (χ2n) is 9.00. The molecule has 1 saturated heterocycles. The molecule has 1 aliphatic carbocycles. The van der Waals surface area contributed by atoms with Crippen molar-refractivity contribution >= 4 is 5.91 Å². The number of hydrogen-bond acceptors (Lipinski definition) is 5. The zero-order valence-corrected chi connectivity index (χ0v) is 19.0. The summed E-state index contributed by atoms with van der Waals surface area (Å²) in [5.74, 6) is 2.47. The molecular formula is C24H39N3O3. The Morgan fingerprint density at radius 3 is 2.53 bits per heavy atom. The molecule has 30 heavy (non-hydrogen) atoms.